The molecule has 0 aromatic carbocycles. The fourth-order valence-corrected chi connectivity index (χ4v) is 3.35. The zero-order chi connectivity index (χ0) is 18.3. The van der Waals surface area contributed by atoms with Crippen LogP contribution in [0.5, 0.6) is 0 Å². The molecular formula is C21H28N4. The summed E-state index contributed by atoms with van der Waals surface area (Å²) in [6.07, 6.45) is 3.10. The Morgan fingerprint density at radius 3 is 2.40 bits per heavy atom. The normalized spacial score (nSPS) is 11.5. The molecule has 0 amide bonds. The molecule has 4 heteroatoms. The van der Waals surface area contributed by atoms with Gasteiger partial charge < -0.3 is 9.47 Å². The molecule has 0 bridgehead atoms. The minimum atomic E-state index is 0.426. The summed E-state index contributed by atoms with van der Waals surface area (Å²) in [6.45, 7) is 10.9. The Kier molecular flexibility index (Phi) is 4.55. The molecule has 0 saturated heterocycles. The fourth-order valence-electron chi connectivity index (χ4n) is 3.35. The van der Waals surface area contributed by atoms with E-state index >= 15 is 0 Å². The first-order valence-electron chi connectivity index (χ1n) is 8.99. The van der Waals surface area contributed by atoms with Crippen LogP contribution in [0.1, 0.15) is 43.6 Å². The Labute approximate surface area is 150 Å². The number of hydrogen-bond acceptors (Lipinski definition) is 3. The second-order valence-corrected chi connectivity index (χ2v) is 7.25. The molecule has 4 nitrogen and oxygen atoms in total. The summed E-state index contributed by atoms with van der Waals surface area (Å²) < 4.78 is 2.31. The highest BCUT2D eigenvalue weighted by molar-refractivity contribution is 5.84. The molecule has 0 N–H and O–H groups in total. The van der Waals surface area contributed by atoms with Crippen LogP contribution in [0, 0.1) is 13.8 Å². The molecule has 132 valence electrons. The predicted molar refractivity (Wildman–Crippen MR) is 107 cm³/mol. The standard InChI is InChI=1S/C21H28N4/c1-8-17-16(9-10-19(22-17)24(6)7)20-14(4)11-18-21(23-20)15(5)12-25(18)13(2)3/h9-13H,8H2,1-7H3. The molecule has 0 aliphatic rings. The van der Waals surface area contributed by atoms with Crippen molar-refractivity contribution in [1.82, 2.24) is 14.5 Å². The van der Waals surface area contributed by atoms with Crippen molar-refractivity contribution in [2.45, 2.75) is 47.1 Å². The lowest BCUT2D eigenvalue weighted by molar-refractivity contribution is 0.621. The molecule has 0 unspecified atom stereocenters. The molecule has 3 aromatic rings. The molecule has 0 aliphatic heterocycles. The molecule has 0 fully saturated rings. The van der Waals surface area contributed by atoms with Crippen molar-refractivity contribution in [3.8, 4) is 11.3 Å². The zero-order valence-electron chi connectivity index (χ0n) is 16.4. The Hall–Kier alpha value is -2.36. The predicted octanol–water partition coefficient (Wildman–Crippen LogP) is 4.92. The van der Waals surface area contributed by atoms with Crippen LogP contribution >= 0.6 is 0 Å². The number of pyridine rings is 2. The number of fused-ring (bicyclic) bond motifs is 1. The van der Waals surface area contributed by atoms with E-state index in [0.29, 0.717) is 6.04 Å². The van der Waals surface area contributed by atoms with Gasteiger partial charge in [0.2, 0.25) is 0 Å². The van der Waals surface area contributed by atoms with Gasteiger partial charge in [-0.1, -0.05) is 6.92 Å². The molecule has 0 saturated carbocycles. The number of aryl methyl sites for hydroxylation is 3. The maximum Gasteiger partial charge on any atom is 0.128 e. The maximum atomic E-state index is 5.06. The van der Waals surface area contributed by atoms with E-state index < -0.39 is 0 Å². The first-order chi connectivity index (χ1) is 11.8. The summed E-state index contributed by atoms with van der Waals surface area (Å²) in [4.78, 5) is 11.9. The highest BCUT2D eigenvalue weighted by Gasteiger charge is 2.16. The van der Waals surface area contributed by atoms with Gasteiger partial charge in [-0.05, 0) is 63.4 Å². The Balaban J connectivity index is 2.23. The summed E-state index contributed by atoms with van der Waals surface area (Å²) in [5.41, 5.74) is 8.01. The van der Waals surface area contributed by atoms with Crippen molar-refractivity contribution in [3.63, 3.8) is 0 Å². The van der Waals surface area contributed by atoms with Gasteiger partial charge >= 0.3 is 0 Å². The van der Waals surface area contributed by atoms with Gasteiger partial charge in [-0.25, -0.2) is 9.97 Å². The highest BCUT2D eigenvalue weighted by Crippen LogP contribution is 2.31. The third-order valence-corrected chi connectivity index (χ3v) is 4.74. The smallest absolute Gasteiger partial charge is 0.128 e. The minimum absolute atomic E-state index is 0.426. The molecule has 3 rings (SSSR count). The molecule has 25 heavy (non-hydrogen) atoms. The van der Waals surface area contributed by atoms with Gasteiger partial charge in [0.05, 0.1) is 22.4 Å². The topological polar surface area (TPSA) is 34.0 Å². The van der Waals surface area contributed by atoms with Gasteiger partial charge in [0.15, 0.2) is 0 Å². The van der Waals surface area contributed by atoms with Crippen LogP contribution in [0.2, 0.25) is 0 Å². The number of nitrogens with zero attached hydrogens (tertiary/aromatic N) is 4. The van der Waals surface area contributed by atoms with E-state index in [2.05, 4.69) is 63.6 Å². The fraction of sp³-hybridized carbons (Fsp3) is 0.429. The van der Waals surface area contributed by atoms with Gasteiger partial charge in [0.25, 0.3) is 0 Å². The van der Waals surface area contributed by atoms with Crippen LogP contribution in [0.4, 0.5) is 5.82 Å². The lowest BCUT2D eigenvalue weighted by Gasteiger charge is -2.16. The van der Waals surface area contributed by atoms with Crippen molar-refractivity contribution < 1.29 is 0 Å². The van der Waals surface area contributed by atoms with Crippen LogP contribution in [0.15, 0.2) is 24.4 Å². The zero-order valence-corrected chi connectivity index (χ0v) is 16.4. The summed E-state index contributed by atoms with van der Waals surface area (Å²) in [5.74, 6) is 0.987. The number of hydrogen-bond donors (Lipinski definition) is 0. The SMILES string of the molecule is CCc1nc(N(C)C)ccc1-c1nc2c(C)cn(C(C)C)c2cc1C. The third-order valence-electron chi connectivity index (χ3n) is 4.74. The van der Waals surface area contributed by atoms with Gasteiger partial charge in [0, 0.05) is 31.9 Å². The second-order valence-electron chi connectivity index (χ2n) is 7.25. The molecule has 0 aliphatic carbocycles. The van der Waals surface area contributed by atoms with E-state index in [1.165, 1.54) is 16.6 Å². The van der Waals surface area contributed by atoms with Crippen LogP contribution in [0.25, 0.3) is 22.3 Å². The summed E-state index contributed by atoms with van der Waals surface area (Å²) in [5, 5.41) is 0. The molecule has 0 spiro atoms. The minimum Gasteiger partial charge on any atom is -0.363 e. The van der Waals surface area contributed by atoms with Crippen LogP contribution < -0.4 is 4.90 Å². The molecule has 3 aromatic heterocycles. The van der Waals surface area contributed by atoms with E-state index in [4.69, 9.17) is 9.97 Å². The first kappa shape index (κ1) is 17.5. The van der Waals surface area contributed by atoms with Crippen molar-refractivity contribution in [2.24, 2.45) is 0 Å². The number of aromatic nitrogens is 3. The third kappa shape index (κ3) is 3.01. The van der Waals surface area contributed by atoms with Crippen molar-refractivity contribution in [1.29, 1.82) is 0 Å². The maximum absolute atomic E-state index is 5.06. The van der Waals surface area contributed by atoms with Gasteiger partial charge in [-0.15, -0.1) is 0 Å². The van der Waals surface area contributed by atoms with Crippen molar-refractivity contribution >= 4 is 16.9 Å². The molecule has 0 atom stereocenters. The van der Waals surface area contributed by atoms with E-state index in [-0.39, 0.29) is 0 Å². The average Bonchev–Trinajstić information content (AvgIpc) is 2.89. The monoisotopic (exact) mass is 336 g/mol. The van der Waals surface area contributed by atoms with Crippen molar-refractivity contribution in [2.75, 3.05) is 19.0 Å². The summed E-state index contributed by atoms with van der Waals surface area (Å²) >= 11 is 0. The lowest BCUT2D eigenvalue weighted by atomic mass is 10.0. The van der Waals surface area contributed by atoms with E-state index in [9.17, 15) is 0 Å². The Morgan fingerprint density at radius 2 is 1.80 bits per heavy atom. The van der Waals surface area contributed by atoms with Gasteiger partial charge in [-0.2, -0.15) is 0 Å². The Bertz CT molecular complexity index is 919. The Morgan fingerprint density at radius 1 is 1.08 bits per heavy atom. The van der Waals surface area contributed by atoms with Crippen LogP contribution in [-0.4, -0.2) is 28.6 Å². The molecule has 0 radical (unpaired) electrons. The van der Waals surface area contributed by atoms with Gasteiger partial charge in [0.1, 0.15) is 5.82 Å². The molecular weight excluding hydrogens is 308 g/mol. The van der Waals surface area contributed by atoms with Crippen molar-refractivity contribution in [3.05, 3.63) is 41.2 Å². The quantitative estimate of drug-likeness (QED) is 0.678. The van der Waals surface area contributed by atoms with Gasteiger partial charge in [-0.3, -0.25) is 0 Å². The van der Waals surface area contributed by atoms with E-state index in [1.807, 2.05) is 19.0 Å². The summed E-state index contributed by atoms with van der Waals surface area (Å²) in [6, 6.07) is 6.93. The van der Waals surface area contributed by atoms with Crippen LogP contribution in [0.3, 0.4) is 0 Å². The van der Waals surface area contributed by atoms with E-state index in [1.54, 1.807) is 0 Å². The second kappa shape index (κ2) is 6.51. The van der Waals surface area contributed by atoms with Crippen LogP contribution in [-0.2, 0) is 6.42 Å². The largest absolute Gasteiger partial charge is 0.363 e. The first-order valence-corrected chi connectivity index (χ1v) is 8.99. The molecule has 3 heterocycles. The van der Waals surface area contributed by atoms with E-state index in [0.717, 1.165) is 34.7 Å². The average molecular weight is 336 g/mol. The lowest BCUT2D eigenvalue weighted by Crippen LogP contribution is -2.12. The highest BCUT2D eigenvalue weighted by atomic mass is 15.1. The number of rotatable bonds is 4. The number of anilines is 1. The summed E-state index contributed by atoms with van der Waals surface area (Å²) in [7, 11) is 4.05.